The summed E-state index contributed by atoms with van der Waals surface area (Å²) in [4.78, 5) is 26.1. The smallest absolute Gasteiger partial charge is 0.320 e. The predicted molar refractivity (Wildman–Crippen MR) is 113 cm³/mol. The lowest BCUT2D eigenvalue weighted by Gasteiger charge is -2.14. The summed E-state index contributed by atoms with van der Waals surface area (Å²) >= 11 is 0. The minimum atomic E-state index is -4.92. The number of nitrogens with one attached hydrogen (secondary N) is 1. The van der Waals surface area contributed by atoms with Gasteiger partial charge in [-0.2, -0.15) is 33.7 Å². The molecule has 0 aliphatic heterocycles. The SMILES string of the molecule is N#Cc1cc(NC(=O)c2cnn(-c3ccnc4ccncc34)c2C(F)(F)F)cnc1-n1nccn1. The largest absolute Gasteiger partial charge is 0.434 e. The lowest BCUT2D eigenvalue weighted by Crippen LogP contribution is -2.21. The van der Waals surface area contributed by atoms with E-state index in [9.17, 15) is 23.2 Å². The van der Waals surface area contributed by atoms with Crippen LogP contribution in [0.1, 0.15) is 21.6 Å². The van der Waals surface area contributed by atoms with Gasteiger partial charge in [-0.1, -0.05) is 0 Å². The highest BCUT2D eigenvalue weighted by atomic mass is 19.4. The van der Waals surface area contributed by atoms with Crippen molar-refractivity contribution < 1.29 is 18.0 Å². The summed E-state index contributed by atoms with van der Waals surface area (Å²) in [6.07, 6.45) is 4.01. The Morgan fingerprint density at radius 2 is 1.80 bits per heavy atom. The molecule has 5 aromatic heterocycles. The summed E-state index contributed by atoms with van der Waals surface area (Å²) in [6.45, 7) is 0. The second kappa shape index (κ2) is 8.30. The Balaban J connectivity index is 1.54. The predicted octanol–water partition coefficient (Wildman–Crippen LogP) is 2.93. The van der Waals surface area contributed by atoms with Crippen LogP contribution >= 0.6 is 0 Å². The van der Waals surface area contributed by atoms with Crippen molar-refractivity contribution in [1.29, 1.82) is 5.26 Å². The van der Waals surface area contributed by atoms with Crippen LogP contribution in [0.4, 0.5) is 18.9 Å². The minimum Gasteiger partial charge on any atom is -0.320 e. The number of halogens is 3. The van der Waals surface area contributed by atoms with Crippen molar-refractivity contribution in [3.05, 3.63) is 78.4 Å². The molecule has 11 nitrogen and oxygen atoms in total. The number of anilines is 1. The number of rotatable bonds is 4. The Labute approximate surface area is 193 Å². The van der Waals surface area contributed by atoms with Gasteiger partial charge in [0.05, 0.1) is 47.2 Å². The number of fused-ring (bicyclic) bond motifs is 1. The van der Waals surface area contributed by atoms with Gasteiger partial charge in [-0.3, -0.25) is 14.8 Å². The zero-order valence-corrected chi connectivity index (χ0v) is 17.3. The molecule has 0 unspecified atom stereocenters. The number of nitrogens with zero attached hydrogens (tertiary/aromatic N) is 9. The summed E-state index contributed by atoms with van der Waals surface area (Å²) in [7, 11) is 0. The molecule has 5 heterocycles. The van der Waals surface area contributed by atoms with Gasteiger partial charge in [0.15, 0.2) is 11.5 Å². The average Bonchev–Trinajstić information content (AvgIpc) is 3.54. The summed E-state index contributed by atoms with van der Waals surface area (Å²) in [5.41, 5.74) is -1.53. The van der Waals surface area contributed by atoms with Crippen LogP contribution in [-0.2, 0) is 6.18 Å². The molecular weight excluding hydrogens is 465 g/mol. The second-order valence-electron chi connectivity index (χ2n) is 7.02. The maximum absolute atomic E-state index is 14.1. The van der Waals surface area contributed by atoms with Gasteiger partial charge < -0.3 is 5.32 Å². The molecule has 0 aliphatic rings. The van der Waals surface area contributed by atoms with E-state index in [1.807, 2.05) is 6.07 Å². The fraction of sp³-hybridized carbons (Fsp3) is 0.0476. The Morgan fingerprint density at radius 1 is 1.00 bits per heavy atom. The van der Waals surface area contributed by atoms with Crippen LogP contribution < -0.4 is 5.32 Å². The third-order valence-electron chi connectivity index (χ3n) is 4.88. The minimum absolute atomic E-state index is 0.00138. The molecule has 1 amide bonds. The monoisotopic (exact) mass is 476 g/mol. The summed E-state index contributed by atoms with van der Waals surface area (Å²) in [6, 6.07) is 6.04. The molecule has 0 saturated heterocycles. The Hall–Kier alpha value is -5.19. The molecule has 0 aliphatic carbocycles. The molecule has 5 rings (SSSR count). The Bertz CT molecular complexity index is 1600. The van der Waals surface area contributed by atoms with E-state index < -0.39 is 23.3 Å². The number of carbonyl (C=O) groups is 1. The zero-order chi connectivity index (χ0) is 24.6. The van der Waals surface area contributed by atoms with Gasteiger partial charge in [0.2, 0.25) is 0 Å². The normalized spacial score (nSPS) is 11.4. The van der Waals surface area contributed by atoms with Gasteiger partial charge in [-0.05, 0) is 18.2 Å². The maximum Gasteiger partial charge on any atom is 0.434 e. The van der Waals surface area contributed by atoms with E-state index in [0.717, 1.165) is 11.0 Å². The van der Waals surface area contributed by atoms with Gasteiger partial charge in [-0.25, -0.2) is 9.67 Å². The van der Waals surface area contributed by atoms with Gasteiger partial charge >= 0.3 is 6.18 Å². The van der Waals surface area contributed by atoms with E-state index in [4.69, 9.17) is 0 Å². The quantitative estimate of drug-likeness (QED) is 0.418. The first-order valence-electron chi connectivity index (χ1n) is 9.79. The van der Waals surface area contributed by atoms with Crippen molar-refractivity contribution in [2.24, 2.45) is 0 Å². The molecule has 0 bridgehead atoms. The fourth-order valence-corrected chi connectivity index (χ4v) is 3.42. The summed E-state index contributed by atoms with van der Waals surface area (Å²) in [5, 5.41) is 23.7. The molecule has 1 N–H and O–H groups in total. The number of hydrogen-bond acceptors (Lipinski definition) is 8. The van der Waals surface area contributed by atoms with Crippen LogP contribution in [0.25, 0.3) is 22.4 Å². The third-order valence-corrected chi connectivity index (χ3v) is 4.88. The van der Waals surface area contributed by atoms with E-state index in [2.05, 4.69) is 35.6 Å². The molecule has 35 heavy (non-hydrogen) atoms. The lowest BCUT2D eigenvalue weighted by atomic mass is 10.2. The van der Waals surface area contributed by atoms with Gasteiger partial charge in [0.1, 0.15) is 11.6 Å². The molecule has 0 atom stereocenters. The highest BCUT2D eigenvalue weighted by molar-refractivity contribution is 6.05. The number of amides is 1. The number of aromatic nitrogens is 8. The van der Waals surface area contributed by atoms with E-state index in [1.165, 1.54) is 49.3 Å². The summed E-state index contributed by atoms with van der Waals surface area (Å²) < 4.78 is 43.0. The first kappa shape index (κ1) is 21.6. The number of alkyl halides is 3. The lowest BCUT2D eigenvalue weighted by molar-refractivity contribution is -0.143. The van der Waals surface area contributed by atoms with Gasteiger partial charge in [0, 0.05) is 24.0 Å². The standard InChI is InChI=1S/C21H11F3N10O/c22-21(23,24)18-15(11-31-33(18)17-2-4-27-16-1-3-26-10-14(16)17)20(35)32-13-7-12(8-25)19(28-9-13)34-29-5-6-30-34/h1-7,9-11H,(H,32,35). The van der Waals surface area contributed by atoms with Crippen molar-refractivity contribution in [1.82, 2.24) is 39.7 Å². The third kappa shape index (κ3) is 3.91. The number of pyridine rings is 3. The molecule has 14 heteroatoms. The number of hydrogen-bond donors (Lipinski definition) is 1. The molecule has 0 radical (unpaired) electrons. The van der Waals surface area contributed by atoms with Crippen molar-refractivity contribution in [2.45, 2.75) is 6.18 Å². The zero-order valence-electron chi connectivity index (χ0n) is 17.3. The van der Waals surface area contributed by atoms with Crippen molar-refractivity contribution >= 4 is 22.5 Å². The number of carbonyl (C=O) groups excluding carboxylic acids is 1. The van der Waals surface area contributed by atoms with Crippen LogP contribution in [0.2, 0.25) is 0 Å². The van der Waals surface area contributed by atoms with E-state index in [1.54, 1.807) is 6.07 Å². The Kier molecular flexibility index (Phi) is 5.13. The molecule has 0 aromatic carbocycles. The molecule has 5 aromatic rings. The van der Waals surface area contributed by atoms with Gasteiger partial charge in [0.25, 0.3) is 5.91 Å². The first-order valence-corrected chi connectivity index (χ1v) is 9.79. The first-order chi connectivity index (χ1) is 16.9. The average molecular weight is 476 g/mol. The molecule has 0 fully saturated rings. The highest BCUT2D eigenvalue weighted by Gasteiger charge is 2.41. The van der Waals surface area contributed by atoms with Crippen molar-refractivity contribution in [2.75, 3.05) is 5.32 Å². The molecular formula is C21H11F3N10O. The van der Waals surface area contributed by atoms with Crippen LogP contribution in [0.15, 0.2) is 61.6 Å². The number of nitriles is 1. The van der Waals surface area contributed by atoms with E-state index in [0.29, 0.717) is 15.6 Å². The van der Waals surface area contributed by atoms with Crippen LogP contribution in [0.3, 0.4) is 0 Å². The summed E-state index contributed by atoms with van der Waals surface area (Å²) in [5.74, 6) is -0.992. The van der Waals surface area contributed by atoms with Crippen molar-refractivity contribution in [3.8, 4) is 17.6 Å². The van der Waals surface area contributed by atoms with E-state index >= 15 is 0 Å². The molecule has 172 valence electrons. The molecule has 0 saturated carbocycles. The fourth-order valence-electron chi connectivity index (χ4n) is 3.42. The van der Waals surface area contributed by atoms with Crippen LogP contribution in [0.5, 0.6) is 0 Å². The second-order valence-corrected chi connectivity index (χ2v) is 7.02. The Morgan fingerprint density at radius 3 is 2.54 bits per heavy atom. The van der Waals surface area contributed by atoms with Crippen LogP contribution in [-0.4, -0.2) is 45.6 Å². The van der Waals surface area contributed by atoms with Crippen LogP contribution in [0, 0.1) is 11.3 Å². The highest BCUT2D eigenvalue weighted by Crippen LogP contribution is 2.35. The van der Waals surface area contributed by atoms with Crippen molar-refractivity contribution in [3.63, 3.8) is 0 Å². The maximum atomic E-state index is 14.1. The topological polar surface area (TPSA) is 140 Å². The van der Waals surface area contributed by atoms with Gasteiger partial charge in [-0.15, -0.1) is 4.80 Å². The molecule has 0 spiro atoms. The van der Waals surface area contributed by atoms with E-state index in [-0.39, 0.29) is 22.8 Å².